The highest BCUT2D eigenvalue weighted by Crippen LogP contribution is 2.38. The van der Waals surface area contributed by atoms with Crippen LogP contribution in [0.1, 0.15) is 50.5 Å². The Labute approximate surface area is 179 Å². The third kappa shape index (κ3) is 5.16. The van der Waals surface area contributed by atoms with Crippen LogP contribution in [0.5, 0.6) is 5.75 Å². The van der Waals surface area contributed by atoms with Crippen molar-refractivity contribution in [2.24, 2.45) is 0 Å². The summed E-state index contributed by atoms with van der Waals surface area (Å²) in [5.41, 5.74) is 1.31. The first kappa shape index (κ1) is 22.0. The Morgan fingerprint density at radius 3 is 2.60 bits per heavy atom. The molecule has 4 rings (SSSR count). The topological polar surface area (TPSA) is 85.9 Å². The fourth-order valence-electron chi connectivity index (χ4n) is 4.67. The maximum Gasteiger partial charge on any atom is 0.219 e. The van der Waals surface area contributed by atoms with Gasteiger partial charge in [-0.15, -0.1) is 0 Å². The molecule has 3 aliphatic rings. The molecule has 0 aromatic heterocycles. The maximum atomic E-state index is 12.4. The Kier molecular flexibility index (Phi) is 7.31. The fraction of sp³-hybridized carbons (Fsp3) is 0.727. The van der Waals surface area contributed by atoms with E-state index in [-0.39, 0.29) is 18.2 Å². The number of hydrogen-bond acceptors (Lipinski definition) is 6. The van der Waals surface area contributed by atoms with Crippen LogP contribution < -0.4 is 14.8 Å². The molecule has 1 aliphatic carbocycles. The van der Waals surface area contributed by atoms with Gasteiger partial charge in [0, 0.05) is 12.1 Å². The molecule has 2 atom stereocenters. The van der Waals surface area contributed by atoms with Crippen molar-refractivity contribution in [2.45, 2.75) is 68.4 Å². The second-order valence-corrected chi connectivity index (χ2v) is 10.5. The van der Waals surface area contributed by atoms with Crippen molar-refractivity contribution in [1.82, 2.24) is 10.0 Å². The summed E-state index contributed by atoms with van der Waals surface area (Å²) >= 11 is 0. The van der Waals surface area contributed by atoms with Crippen molar-refractivity contribution in [1.29, 1.82) is 0 Å². The van der Waals surface area contributed by atoms with Gasteiger partial charge in [0.25, 0.3) is 0 Å². The van der Waals surface area contributed by atoms with E-state index < -0.39 is 15.3 Å². The molecule has 7 nitrogen and oxygen atoms in total. The first-order valence-corrected chi connectivity index (χ1v) is 12.8. The minimum Gasteiger partial charge on any atom is -0.494 e. The maximum absolute atomic E-state index is 12.4. The first-order chi connectivity index (χ1) is 14.6. The molecule has 0 radical (unpaired) electrons. The van der Waals surface area contributed by atoms with Crippen LogP contribution in [0.15, 0.2) is 24.3 Å². The van der Waals surface area contributed by atoms with Crippen LogP contribution in [-0.4, -0.2) is 64.8 Å². The van der Waals surface area contributed by atoms with E-state index in [1.165, 1.54) is 5.56 Å². The van der Waals surface area contributed by atoms with Crippen LogP contribution in [-0.2, 0) is 19.5 Å². The van der Waals surface area contributed by atoms with Crippen LogP contribution in [0.2, 0.25) is 0 Å². The van der Waals surface area contributed by atoms with E-state index in [1.807, 2.05) is 13.0 Å². The van der Waals surface area contributed by atoms with Gasteiger partial charge < -0.3 is 19.5 Å². The number of nitrogens with one attached hydrogen (secondary N) is 2. The van der Waals surface area contributed by atoms with E-state index in [9.17, 15) is 8.42 Å². The first-order valence-electron chi connectivity index (χ1n) is 11.2. The third-order valence-electron chi connectivity index (χ3n) is 6.55. The van der Waals surface area contributed by atoms with Gasteiger partial charge in [-0.25, -0.2) is 13.1 Å². The summed E-state index contributed by atoms with van der Waals surface area (Å²) < 4.78 is 44.7. The molecule has 3 fully saturated rings. The van der Waals surface area contributed by atoms with Gasteiger partial charge in [-0.3, -0.25) is 0 Å². The molecule has 0 bridgehead atoms. The number of hydrogen-bond donors (Lipinski definition) is 2. The van der Waals surface area contributed by atoms with Crippen LogP contribution in [0, 0.1) is 0 Å². The molecule has 2 saturated heterocycles. The Bertz CT molecular complexity index is 790. The molecular formula is C22H34N2O5S. The van der Waals surface area contributed by atoms with Crippen molar-refractivity contribution in [3.05, 3.63) is 29.8 Å². The lowest BCUT2D eigenvalue weighted by atomic mass is 9.82. The molecule has 1 saturated carbocycles. The molecule has 2 heterocycles. The lowest BCUT2D eigenvalue weighted by Crippen LogP contribution is -2.53. The number of sulfonamides is 1. The summed E-state index contributed by atoms with van der Waals surface area (Å²) in [6.45, 7) is 4.65. The molecule has 168 valence electrons. The SMILES string of the molecule is CCOc1ccccc1C1CCC(OC[C@@H]2NCC[C@@H]2NS(=O)(=O)C2COC2)CC1. The number of benzene rings is 1. The summed E-state index contributed by atoms with van der Waals surface area (Å²) in [4.78, 5) is 0. The zero-order valence-electron chi connectivity index (χ0n) is 17.7. The second-order valence-electron chi connectivity index (χ2n) is 8.56. The molecule has 2 N–H and O–H groups in total. The monoisotopic (exact) mass is 438 g/mol. The van der Waals surface area contributed by atoms with Crippen molar-refractivity contribution in [2.75, 3.05) is 33.0 Å². The van der Waals surface area contributed by atoms with Crippen LogP contribution in [0.25, 0.3) is 0 Å². The zero-order valence-corrected chi connectivity index (χ0v) is 18.5. The van der Waals surface area contributed by atoms with Crippen LogP contribution >= 0.6 is 0 Å². The third-order valence-corrected chi connectivity index (χ3v) is 8.34. The summed E-state index contributed by atoms with van der Waals surface area (Å²) in [5, 5.41) is 2.99. The van der Waals surface area contributed by atoms with Crippen molar-refractivity contribution >= 4 is 10.0 Å². The van der Waals surface area contributed by atoms with Gasteiger partial charge in [0.05, 0.1) is 32.5 Å². The zero-order chi connectivity index (χ0) is 21.0. The van der Waals surface area contributed by atoms with Gasteiger partial charge >= 0.3 is 0 Å². The lowest BCUT2D eigenvalue weighted by Gasteiger charge is -2.32. The van der Waals surface area contributed by atoms with Crippen molar-refractivity contribution in [3.8, 4) is 5.75 Å². The average molecular weight is 439 g/mol. The molecule has 1 aromatic rings. The van der Waals surface area contributed by atoms with Gasteiger partial charge in [0.15, 0.2) is 0 Å². The molecule has 0 spiro atoms. The molecule has 2 aliphatic heterocycles. The van der Waals surface area contributed by atoms with E-state index >= 15 is 0 Å². The minimum absolute atomic E-state index is 0.0252. The number of ether oxygens (including phenoxy) is 3. The molecule has 30 heavy (non-hydrogen) atoms. The van der Waals surface area contributed by atoms with Crippen LogP contribution in [0.3, 0.4) is 0 Å². The van der Waals surface area contributed by atoms with Gasteiger partial charge in [-0.2, -0.15) is 0 Å². The average Bonchev–Trinajstić information content (AvgIpc) is 3.12. The standard InChI is InChI=1S/C22H34N2O5S/c1-2-28-22-6-4-3-5-19(22)16-7-9-17(10-8-16)29-15-21-20(11-12-23-21)24-30(25,26)18-13-27-14-18/h3-6,16-18,20-21,23-24H,2,7-15H2,1H3/t16?,17?,20-,21-/m0/s1. The summed E-state index contributed by atoms with van der Waals surface area (Å²) in [6.07, 6.45) is 5.25. The van der Waals surface area contributed by atoms with Crippen LogP contribution in [0.4, 0.5) is 0 Å². The van der Waals surface area contributed by atoms with Crippen molar-refractivity contribution < 1.29 is 22.6 Å². The predicted octanol–water partition coefficient (Wildman–Crippen LogP) is 2.18. The Morgan fingerprint density at radius 2 is 1.90 bits per heavy atom. The number of rotatable bonds is 9. The highest BCUT2D eigenvalue weighted by atomic mass is 32.2. The molecular weight excluding hydrogens is 404 g/mol. The Morgan fingerprint density at radius 1 is 1.13 bits per heavy atom. The largest absolute Gasteiger partial charge is 0.494 e. The van der Waals surface area contributed by atoms with Gasteiger partial charge in [-0.05, 0) is 63.1 Å². The quantitative estimate of drug-likeness (QED) is 0.615. The summed E-state index contributed by atoms with van der Waals surface area (Å²) in [7, 11) is -3.31. The van der Waals surface area contributed by atoms with Gasteiger partial charge in [0.2, 0.25) is 10.0 Å². The molecule has 0 unspecified atom stereocenters. The lowest BCUT2D eigenvalue weighted by molar-refractivity contribution is 0.0123. The fourth-order valence-corrected chi connectivity index (χ4v) is 6.12. The van der Waals surface area contributed by atoms with E-state index in [1.54, 1.807) is 0 Å². The molecule has 8 heteroatoms. The summed E-state index contributed by atoms with van der Waals surface area (Å²) in [5.74, 6) is 1.52. The van der Waals surface area contributed by atoms with E-state index in [4.69, 9.17) is 14.2 Å². The Hall–Kier alpha value is -1.19. The smallest absolute Gasteiger partial charge is 0.219 e. The van der Waals surface area contributed by atoms with Crippen molar-refractivity contribution in [3.63, 3.8) is 0 Å². The second kappa shape index (κ2) is 9.96. The normalized spacial score (nSPS) is 30.2. The minimum atomic E-state index is -3.31. The van der Waals surface area contributed by atoms with E-state index in [0.29, 0.717) is 32.3 Å². The molecule has 1 aromatic carbocycles. The predicted molar refractivity (Wildman–Crippen MR) is 115 cm³/mol. The number of para-hydroxylation sites is 1. The van der Waals surface area contributed by atoms with Gasteiger partial charge in [-0.1, -0.05) is 18.2 Å². The molecule has 0 amide bonds. The summed E-state index contributed by atoms with van der Waals surface area (Å²) in [6, 6.07) is 8.28. The highest BCUT2D eigenvalue weighted by molar-refractivity contribution is 7.90. The van der Waals surface area contributed by atoms with Gasteiger partial charge in [0.1, 0.15) is 11.0 Å². The van der Waals surface area contributed by atoms with E-state index in [2.05, 4.69) is 28.2 Å². The highest BCUT2D eigenvalue weighted by Gasteiger charge is 2.38. The van der Waals surface area contributed by atoms with E-state index in [0.717, 1.165) is 44.4 Å². The Balaban J connectivity index is 1.24.